The lowest BCUT2D eigenvalue weighted by Gasteiger charge is -2.14. The third kappa shape index (κ3) is 8.49. The van der Waals surface area contributed by atoms with Gasteiger partial charge in [0.25, 0.3) is 0 Å². The molecule has 0 amide bonds. The van der Waals surface area contributed by atoms with E-state index in [0.717, 1.165) is 40.2 Å². The van der Waals surface area contributed by atoms with Crippen LogP contribution in [0, 0.1) is 11.8 Å². The van der Waals surface area contributed by atoms with E-state index >= 15 is 0 Å². The number of nitrogens with one attached hydrogen (secondary N) is 1. The standard InChI is InChI=1S/C26H35N3O3S2/c1-5-18(3)25(32-23-9-7-8-22(12-23)30-16-20-10-11-20)27-13-21(6-2)26-28-14-24(34-26)31-15-19(4)29-17-33/h6-9,12-14,18-20,29,33H,2,5,10-11,15-17H2,1,3-4H3/b21-13+,27-25+/t18-,19?/m1/s1. The van der Waals surface area contributed by atoms with E-state index in [1.807, 2.05) is 31.2 Å². The van der Waals surface area contributed by atoms with Crippen molar-refractivity contribution in [3.63, 3.8) is 0 Å². The van der Waals surface area contributed by atoms with Crippen LogP contribution in [-0.4, -0.2) is 36.0 Å². The SMILES string of the molecule is C=C/C(=C\N=C(\Oc1cccc(OCC2CC2)c1)[C@H](C)CC)c1ncc(OCC(C)NCS)s1. The molecule has 1 N–H and O–H groups in total. The Labute approximate surface area is 212 Å². The van der Waals surface area contributed by atoms with Gasteiger partial charge in [-0.15, -0.1) is 0 Å². The molecule has 0 radical (unpaired) electrons. The van der Waals surface area contributed by atoms with Gasteiger partial charge in [0.05, 0.1) is 12.8 Å². The van der Waals surface area contributed by atoms with Gasteiger partial charge < -0.3 is 19.5 Å². The fourth-order valence-corrected chi connectivity index (χ4v) is 3.98. The maximum atomic E-state index is 6.19. The predicted octanol–water partition coefficient (Wildman–Crippen LogP) is 6.23. The molecule has 1 heterocycles. The Balaban J connectivity index is 1.70. The van der Waals surface area contributed by atoms with Crippen molar-refractivity contribution >= 4 is 35.4 Å². The average molecular weight is 502 g/mol. The summed E-state index contributed by atoms with van der Waals surface area (Å²) in [6, 6.07) is 7.96. The summed E-state index contributed by atoms with van der Waals surface area (Å²) in [7, 11) is 0. The lowest BCUT2D eigenvalue weighted by molar-refractivity contribution is 0.285. The highest BCUT2D eigenvalue weighted by atomic mass is 32.1. The summed E-state index contributed by atoms with van der Waals surface area (Å²) in [5, 5.41) is 4.74. The topological polar surface area (TPSA) is 65.0 Å². The second-order valence-electron chi connectivity index (χ2n) is 8.46. The minimum absolute atomic E-state index is 0.148. The van der Waals surface area contributed by atoms with Gasteiger partial charge in [-0.05, 0) is 44.2 Å². The molecule has 184 valence electrons. The number of rotatable bonds is 14. The molecule has 8 heteroatoms. The van der Waals surface area contributed by atoms with Crippen LogP contribution in [-0.2, 0) is 0 Å². The van der Waals surface area contributed by atoms with Crippen molar-refractivity contribution in [3.05, 3.63) is 54.3 Å². The number of thiol groups is 1. The van der Waals surface area contributed by atoms with Crippen molar-refractivity contribution in [3.8, 4) is 16.6 Å². The van der Waals surface area contributed by atoms with Crippen LogP contribution in [0.2, 0.25) is 0 Å². The number of nitrogens with zero attached hydrogens (tertiary/aromatic N) is 2. The zero-order valence-electron chi connectivity index (χ0n) is 20.2. The fraction of sp³-hybridized carbons (Fsp3) is 0.462. The minimum atomic E-state index is 0.148. The summed E-state index contributed by atoms with van der Waals surface area (Å²) in [5.41, 5.74) is 0.812. The van der Waals surface area contributed by atoms with Crippen LogP contribution in [0.1, 0.15) is 45.0 Å². The molecule has 2 aromatic rings. The summed E-state index contributed by atoms with van der Waals surface area (Å²) >= 11 is 5.64. The summed E-state index contributed by atoms with van der Waals surface area (Å²) in [6.45, 7) is 11.5. The third-order valence-corrected chi connectivity index (χ3v) is 6.58. The van der Waals surface area contributed by atoms with Crippen molar-refractivity contribution in [1.82, 2.24) is 10.3 Å². The summed E-state index contributed by atoms with van der Waals surface area (Å²) < 4.78 is 17.9. The van der Waals surface area contributed by atoms with E-state index in [1.54, 1.807) is 18.5 Å². The first-order valence-corrected chi connectivity index (χ1v) is 13.2. The van der Waals surface area contributed by atoms with Gasteiger partial charge in [0.1, 0.15) is 23.1 Å². The molecular weight excluding hydrogens is 466 g/mol. The van der Waals surface area contributed by atoms with Crippen molar-refractivity contribution in [2.45, 2.75) is 46.1 Å². The maximum absolute atomic E-state index is 6.19. The molecule has 0 aliphatic heterocycles. The Hall–Kier alpha value is -2.29. The largest absolute Gasteiger partial charge is 0.493 e. The zero-order valence-corrected chi connectivity index (χ0v) is 21.9. The van der Waals surface area contributed by atoms with Gasteiger partial charge in [0.2, 0.25) is 0 Å². The molecule has 1 aromatic heterocycles. The van der Waals surface area contributed by atoms with Crippen molar-refractivity contribution < 1.29 is 14.2 Å². The number of hydrogen-bond donors (Lipinski definition) is 2. The van der Waals surface area contributed by atoms with Crippen LogP contribution >= 0.6 is 24.0 Å². The normalized spacial score (nSPS) is 16.1. The van der Waals surface area contributed by atoms with E-state index in [9.17, 15) is 0 Å². The number of benzene rings is 1. The van der Waals surface area contributed by atoms with Crippen molar-refractivity contribution in [2.75, 3.05) is 19.1 Å². The quantitative estimate of drug-likeness (QED) is 0.106. The Morgan fingerprint density at radius 1 is 1.32 bits per heavy atom. The lowest BCUT2D eigenvalue weighted by atomic mass is 10.1. The number of allylic oxidation sites excluding steroid dienone is 2. The second kappa shape index (κ2) is 13.6. The van der Waals surface area contributed by atoms with Crippen LogP contribution in [0.15, 0.2) is 54.3 Å². The van der Waals surface area contributed by atoms with Gasteiger partial charge in [-0.2, -0.15) is 12.6 Å². The van der Waals surface area contributed by atoms with Gasteiger partial charge in [0, 0.05) is 35.7 Å². The van der Waals surface area contributed by atoms with Crippen LogP contribution < -0.4 is 19.5 Å². The molecule has 1 saturated carbocycles. The molecule has 0 bridgehead atoms. The number of ether oxygens (including phenoxy) is 3. The average Bonchev–Trinajstić information content (AvgIpc) is 3.57. The van der Waals surface area contributed by atoms with E-state index in [0.29, 0.717) is 24.3 Å². The molecule has 0 spiro atoms. The van der Waals surface area contributed by atoms with Crippen molar-refractivity contribution in [2.24, 2.45) is 16.8 Å². The molecular formula is C26H35N3O3S2. The summed E-state index contributed by atoms with van der Waals surface area (Å²) in [6.07, 6.45) is 8.67. The molecule has 0 saturated heterocycles. The molecule has 6 nitrogen and oxygen atoms in total. The van der Waals surface area contributed by atoms with Gasteiger partial charge in [-0.25, -0.2) is 9.98 Å². The van der Waals surface area contributed by atoms with Crippen molar-refractivity contribution in [1.29, 1.82) is 0 Å². The van der Waals surface area contributed by atoms with Gasteiger partial charge in [-0.3, -0.25) is 0 Å². The van der Waals surface area contributed by atoms with E-state index in [1.165, 1.54) is 24.2 Å². The third-order valence-electron chi connectivity index (χ3n) is 5.44. The number of thiazole rings is 1. The molecule has 1 unspecified atom stereocenters. The van der Waals surface area contributed by atoms with Crippen LogP contribution in [0.5, 0.6) is 16.6 Å². The first-order chi connectivity index (χ1) is 16.5. The molecule has 1 aromatic carbocycles. The highest BCUT2D eigenvalue weighted by Gasteiger charge is 2.22. The zero-order chi connectivity index (χ0) is 24.3. The highest BCUT2D eigenvalue weighted by molar-refractivity contribution is 7.80. The molecule has 1 aliphatic rings. The van der Waals surface area contributed by atoms with E-state index in [4.69, 9.17) is 14.2 Å². The Morgan fingerprint density at radius 2 is 2.12 bits per heavy atom. The summed E-state index contributed by atoms with van der Waals surface area (Å²) in [4.78, 5) is 9.17. The first kappa shape index (κ1) is 26.3. The number of aromatic nitrogens is 1. The van der Waals surface area contributed by atoms with Crippen LogP contribution in [0.3, 0.4) is 0 Å². The monoisotopic (exact) mass is 501 g/mol. The number of hydrogen-bond acceptors (Lipinski definition) is 8. The van der Waals surface area contributed by atoms with Gasteiger partial charge >= 0.3 is 0 Å². The van der Waals surface area contributed by atoms with Crippen LogP contribution in [0.25, 0.3) is 5.57 Å². The number of aliphatic imine (C=N–C) groups is 1. The lowest BCUT2D eigenvalue weighted by Crippen LogP contribution is -2.30. The first-order valence-electron chi connectivity index (χ1n) is 11.8. The predicted molar refractivity (Wildman–Crippen MR) is 144 cm³/mol. The Bertz CT molecular complexity index is 985. The van der Waals surface area contributed by atoms with Gasteiger partial charge in [-0.1, -0.05) is 43.9 Å². The summed E-state index contributed by atoms with van der Waals surface area (Å²) in [5.74, 6) is 3.64. The molecule has 1 fully saturated rings. The molecule has 3 rings (SSSR count). The molecule has 34 heavy (non-hydrogen) atoms. The molecule has 2 atom stereocenters. The Kier molecular flexibility index (Phi) is 10.5. The van der Waals surface area contributed by atoms with E-state index < -0.39 is 0 Å². The Morgan fingerprint density at radius 3 is 2.82 bits per heavy atom. The smallest absolute Gasteiger partial charge is 0.197 e. The van der Waals surface area contributed by atoms with E-state index in [2.05, 4.69) is 48.3 Å². The van der Waals surface area contributed by atoms with E-state index in [-0.39, 0.29) is 12.0 Å². The van der Waals surface area contributed by atoms with Crippen LogP contribution in [0.4, 0.5) is 0 Å². The second-order valence-corrected chi connectivity index (χ2v) is 9.76. The highest BCUT2D eigenvalue weighted by Crippen LogP contribution is 2.31. The fourth-order valence-electron chi connectivity index (χ4n) is 2.89. The maximum Gasteiger partial charge on any atom is 0.197 e. The van der Waals surface area contributed by atoms with Gasteiger partial charge in [0.15, 0.2) is 11.0 Å². The minimum Gasteiger partial charge on any atom is -0.493 e. The molecule has 1 aliphatic carbocycles.